The van der Waals surface area contributed by atoms with E-state index in [1.165, 1.54) is 23.0 Å². The number of hydrogen-bond acceptors (Lipinski definition) is 3. The molecule has 0 bridgehead atoms. The summed E-state index contributed by atoms with van der Waals surface area (Å²) in [6.07, 6.45) is 3.02. The number of nitrogens with one attached hydrogen (secondary N) is 2. The molecule has 0 aliphatic carbocycles. The van der Waals surface area contributed by atoms with Gasteiger partial charge in [-0.15, -0.1) is 0 Å². The van der Waals surface area contributed by atoms with Crippen LogP contribution in [0.25, 0.3) is 0 Å². The maximum Gasteiger partial charge on any atom is 0.323 e. The highest BCUT2D eigenvalue weighted by Crippen LogP contribution is 2.15. The SMILES string of the molecule is Cc1ccc(NC(=O)Nc2cnn(CCO)c2)c(F)c1. The zero-order valence-corrected chi connectivity index (χ0v) is 10.9. The van der Waals surface area contributed by atoms with Gasteiger partial charge in [-0.05, 0) is 24.6 Å². The van der Waals surface area contributed by atoms with Crippen molar-refractivity contribution >= 4 is 17.4 Å². The summed E-state index contributed by atoms with van der Waals surface area (Å²) in [6.45, 7) is 2.07. The summed E-state index contributed by atoms with van der Waals surface area (Å²) in [7, 11) is 0. The molecule has 20 heavy (non-hydrogen) atoms. The van der Waals surface area contributed by atoms with Crippen LogP contribution in [0.15, 0.2) is 30.6 Å². The zero-order chi connectivity index (χ0) is 14.5. The third-order valence-electron chi connectivity index (χ3n) is 2.59. The van der Waals surface area contributed by atoms with E-state index in [1.807, 2.05) is 0 Å². The van der Waals surface area contributed by atoms with Gasteiger partial charge < -0.3 is 15.7 Å². The van der Waals surface area contributed by atoms with Crippen LogP contribution in [0.4, 0.5) is 20.6 Å². The topological polar surface area (TPSA) is 79.2 Å². The van der Waals surface area contributed by atoms with Gasteiger partial charge >= 0.3 is 6.03 Å². The minimum Gasteiger partial charge on any atom is -0.394 e. The molecule has 0 radical (unpaired) electrons. The number of urea groups is 1. The molecule has 2 aromatic rings. The van der Waals surface area contributed by atoms with E-state index < -0.39 is 11.8 Å². The highest BCUT2D eigenvalue weighted by atomic mass is 19.1. The largest absolute Gasteiger partial charge is 0.394 e. The smallest absolute Gasteiger partial charge is 0.323 e. The third-order valence-corrected chi connectivity index (χ3v) is 2.59. The molecule has 2 amide bonds. The normalized spacial score (nSPS) is 10.3. The number of aryl methyl sites for hydroxylation is 1. The minimum atomic E-state index is -0.559. The van der Waals surface area contributed by atoms with Crippen molar-refractivity contribution in [1.29, 1.82) is 0 Å². The van der Waals surface area contributed by atoms with Crippen molar-refractivity contribution in [3.8, 4) is 0 Å². The Hall–Kier alpha value is -2.41. The number of rotatable bonds is 4. The Morgan fingerprint density at radius 3 is 2.95 bits per heavy atom. The molecule has 106 valence electrons. The Morgan fingerprint density at radius 2 is 2.25 bits per heavy atom. The van der Waals surface area contributed by atoms with Crippen LogP contribution in [-0.2, 0) is 6.54 Å². The number of amides is 2. The Morgan fingerprint density at radius 1 is 1.45 bits per heavy atom. The fourth-order valence-corrected chi connectivity index (χ4v) is 1.66. The molecule has 0 aliphatic heterocycles. The van der Waals surface area contributed by atoms with E-state index in [0.29, 0.717) is 12.2 Å². The van der Waals surface area contributed by atoms with Gasteiger partial charge in [0.2, 0.25) is 0 Å². The summed E-state index contributed by atoms with van der Waals surface area (Å²) in [6, 6.07) is 3.99. The lowest BCUT2D eigenvalue weighted by molar-refractivity contribution is 0.262. The van der Waals surface area contributed by atoms with E-state index >= 15 is 0 Å². The van der Waals surface area contributed by atoms with Gasteiger partial charge in [-0.1, -0.05) is 6.07 Å². The molecule has 1 aromatic heterocycles. The number of hydrogen-bond donors (Lipinski definition) is 3. The van der Waals surface area contributed by atoms with Crippen molar-refractivity contribution in [2.75, 3.05) is 17.2 Å². The monoisotopic (exact) mass is 278 g/mol. The molecule has 0 saturated heterocycles. The van der Waals surface area contributed by atoms with Gasteiger partial charge in [0.1, 0.15) is 5.82 Å². The summed E-state index contributed by atoms with van der Waals surface area (Å²) in [5.41, 5.74) is 1.35. The van der Waals surface area contributed by atoms with Gasteiger partial charge in [0, 0.05) is 6.20 Å². The van der Waals surface area contributed by atoms with Crippen LogP contribution in [0.2, 0.25) is 0 Å². The lowest BCUT2D eigenvalue weighted by Gasteiger charge is -2.07. The average molecular weight is 278 g/mol. The van der Waals surface area contributed by atoms with Crippen molar-refractivity contribution < 1.29 is 14.3 Å². The first kappa shape index (κ1) is 14.0. The maximum absolute atomic E-state index is 13.6. The predicted octanol–water partition coefficient (Wildman–Crippen LogP) is 1.97. The second kappa shape index (κ2) is 6.16. The molecular formula is C13H15FN4O2. The lowest BCUT2D eigenvalue weighted by Crippen LogP contribution is -2.19. The van der Waals surface area contributed by atoms with E-state index in [9.17, 15) is 9.18 Å². The van der Waals surface area contributed by atoms with Gasteiger partial charge in [-0.3, -0.25) is 4.68 Å². The number of aliphatic hydroxyl groups is 1. The highest BCUT2D eigenvalue weighted by molar-refractivity contribution is 5.99. The molecule has 0 aliphatic rings. The van der Waals surface area contributed by atoms with Crippen LogP contribution in [0.1, 0.15) is 5.56 Å². The maximum atomic E-state index is 13.6. The molecule has 2 rings (SSSR count). The molecule has 0 atom stereocenters. The first-order valence-corrected chi connectivity index (χ1v) is 6.06. The van der Waals surface area contributed by atoms with E-state index in [4.69, 9.17) is 5.11 Å². The summed E-state index contributed by atoms with van der Waals surface area (Å²) >= 11 is 0. The molecule has 1 aromatic carbocycles. The summed E-state index contributed by atoms with van der Waals surface area (Å²) in [5.74, 6) is -0.490. The van der Waals surface area contributed by atoms with Crippen LogP contribution < -0.4 is 10.6 Å². The van der Waals surface area contributed by atoms with Crippen molar-refractivity contribution in [3.05, 3.63) is 42.0 Å². The third kappa shape index (κ3) is 3.55. The quantitative estimate of drug-likeness (QED) is 0.800. The number of aromatic nitrogens is 2. The number of benzene rings is 1. The molecule has 6 nitrogen and oxygen atoms in total. The van der Waals surface area contributed by atoms with Crippen molar-refractivity contribution in [2.24, 2.45) is 0 Å². The van der Waals surface area contributed by atoms with Gasteiger partial charge in [0.25, 0.3) is 0 Å². The molecular weight excluding hydrogens is 263 g/mol. The number of anilines is 2. The average Bonchev–Trinajstić information content (AvgIpc) is 2.81. The number of nitrogens with zero attached hydrogens (tertiary/aromatic N) is 2. The first-order chi connectivity index (χ1) is 9.58. The number of aliphatic hydroxyl groups excluding tert-OH is 1. The van der Waals surface area contributed by atoms with Crippen molar-refractivity contribution in [2.45, 2.75) is 13.5 Å². The highest BCUT2D eigenvalue weighted by Gasteiger charge is 2.08. The molecule has 0 fully saturated rings. The van der Waals surface area contributed by atoms with Crippen LogP contribution in [-0.4, -0.2) is 27.5 Å². The molecule has 0 spiro atoms. The Bertz CT molecular complexity index is 612. The van der Waals surface area contributed by atoms with Crippen molar-refractivity contribution in [1.82, 2.24) is 9.78 Å². The summed E-state index contributed by atoms with van der Waals surface area (Å²) < 4.78 is 15.1. The van der Waals surface area contributed by atoms with E-state index in [1.54, 1.807) is 19.2 Å². The Labute approximate surface area is 115 Å². The number of halogens is 1. The molecule has 3 N–H and O–H groups in total. The Kier molecular flexibility index (Phi) is 4.31. The van der Waals surface area contributed by atoms with Gasteiger partial charge in [0.05, 0.1) is 30.7 Å². The fraction of sp³-hybridized carbons (Fsp3) is 0.231. The van der Waals surface area contributed by atoms with E-state index in [-0.39, 0.29) is 12.3 Å². The molecule has 7 heteroatoms. The van der Waals surface area contributed by atoms with Gasteiger partial charge in [-0.25, -0.2) is 9.18 Å². The van der Waals surface area contributed by atoms with Crippen LogP contribution >= 0.6 is 0 Å². The molecule has 0 saturated carbocycles. The summed E-state index contributed by atoms with van der Waals surface area (Å²) in [4.78, 5) is 11.7. The van der Waals surface area contributed by atoms with Crippen LogP contribution in [0, 0.1) is 12.7 Å². The van der Waals surface area contributed by atoms with E-state index in [2.05, 4.69) is 15.7 Å². The molecule has 1 heterocycles. The lowest BCUT2D eigenvalue weighted by atomic mass is 10.2. The Balaban J connectivity index is 1.97. The molecule has 0 unspecified atom stereocenters. The van der Waals surface area contributed by atoms with Crippen molar-refractivity contribution in [3.63, 3.8) is 0 Å². The number of carbonyl (C=O) groups is 1. The summed E-state index contributed by atoms with van der Waals surface area (Å²) in [5, 5.41) is 17.6. The van der Waals surface area contributed by atoms with Crippen LogP contribution in [0.5, 0.6) is 0 Å². The van der Waals surface area contributed by atoms with Gasteiger partial charge in [-0.2, -0.15) is 5.10 Å². The second-order valence-electron chi connectivity index (χ2n) is 4.28. The zero-order valence-electron chi connectivity index (χ0n) is 10.9. The second-order valence-corrected chi connectivity index (χ2v) is 4.28. The van der Waals surface area contributed by atoms with E-state index in [0.717, 1.165) is 5.56 Å². The van der Waals surface area contributed by atoms with Crippen LogP contribution in [0.3, 0.4) is 0 Å². The van der Waals surface area contributed by atoms with Gasteiger partial charge in [0.15, 0.2) is 0 Å². The fourth-order valence-electron chi connectivity index (χ4n) is 1.66. The first-order valence-electron chi connectivity index (χ1n) is 6.06. The minimum absolute atomic E-state index is 0.0398. The number of carbonyl (C=O) groups excluding carboxylic acids is 1. The standard InChI is InChI=1S/C13H15FN4O2/c1-9-2-3-12(11(14)6-9)17-13(20)16-10-7-15-18(8-10)4-5-19/h2-3,6-8,19H,4-5H2,1H3,(H2,16,17,20). The predicted molar refractivity (Wildman–Crippen MR) is 73.1 cm³/mol.